The smallest absolute Gasteiger partial charge is 0.229 e. The number of fused-ring (bicyclic) bond motifs is 1. The van der Waals surface area contributed by atoms with Crippen molar-refractivity contribution in [3.8, 4) is 0 Å². The molecule has 5 nitrogen and oxygen atoms in total. The van der Waals surface area contributed by atoms with E-state index in [0.29, 0.717) is 17.7 Å². The summed E-state index contributed by atoms with van der Waals surface area (Å²) in [6.45, 7) is 0. The number of benzene rings is 2. The topological polar surface area (TPSA) is 70.7 Å². The number of aromatic amines is 1. The fourth-order valence-electron chi connectivity index (χ4n) is 4.10. The van der Waals surface area contributed by atoms with Crippen LogP contribution in [0.15, 0.2) is 66.9 Å². The number of aromatic nitrogens is 3. The van der Waals surface area contributed by atoms with Gasteiger partial charge in [0.1, 0.15) is 5.82 Å². The van der Waals surface area contributed by atoms with Gasteiger partial charge in [0.15, 0.2) is 5.82 Å². The molecular weight excluding hydrogens is 379 g/mol. The highest BCUT2D eigenvalue weighted by molar-refractivity contribution is 5.92. The van der Waals surface area contributed by atoms with Crippen molar-refractivity contribution < 1.29 is 9.18 Å². The first-order chi connectivity index (χ1) is 14.6. The highest BCUT2D eigenvalue weighted by atomic mass is 19.1. The molecule has 1 aliphatic carbocycles. The Morgan fingerprint density at radius 3 is 2.73 bits per heavy atom. The lowest BCUT2D eigenvalue weighted by atomic mass is 9.70. The molecule has 4 aromatic rings. The Hall–Kier alpha value is -3.54. The Morgan fingerprint density at radius 1 is 1.07 bits per heavy atom. The van der Waals surface area contributed by atoms with Gasteiger partial charge in [-0.15, -0.1) is 0 Å². The van der Waals surface area contributed by atoms with Crippen molar-refractivity contribution >= 4 is 22.6 Å². The highest BCUT2D eigenvalue weighted by Crippen LogP contribution is 2.47. The van der Waals surface area contributed by atoms with Gasteiger partial charge in [0, 0.05) is 29.3 Å². The predicted octanol–water partition coefficient (Wildman–Crippen LogP) is 4.94. The quantitative estimate of drug-likeness (QED) is 0.498. The normalized spacial score (nSPS) is 18.2. The van der Waals surface area contributed by atoms with Gasteiger partial charge in [-0.05, 0) is 60.2 Å². The molecular formula is C24H21FN4O. The molecule has 1 aliphatic rings. The molecule has 1 fully saturated rings. The van der Waals surface area contributed by atoms with Gasteiger partial charge in [-0.1, -0.05) is 24.3 Å². The molecule has 30 heavy (non-hydrogen) atoms. The number of carbonyl (C=O) groups excluding carboxylic acids is 1. The fourth-order valence-corrected chi connectivity index (χ4v) is 4.10. The molecule has 1 saturated carbocycles. The van der Waals surface area contributed by atoms with Gasteiger partial charge in [0.05, 0.1) is 11.9 Å². The molecule has 2 aromatic carbocycles. The van der Waals surface area contributed by atoms with E-state index in [1.807, 2.05) is 48.5 Å². The van der Waals surface area contributed by atoms with Crippen LogP contribution in [0.2, 0.25) is 0 Å². The molecule has 2 N–H and O–H groups in total. The molecule has 1 amide bonds. The third-order valence-corrected chi connectivity index (χ3v) is 5.82. The maximum absolute atomic E-state index is 13.1. The van der Waals surface area contributed by atoms with Crippen molar-refractivity contribution in [3.05, 3.63) is 89.5 Å². The van der Waals surface area contributed by atoms with E-state index in [0.717, 1.165) is 35.0 Å². The van der Waals surface area contributed by atoms with E-state index in [2.05, 4.69) is 20.5 Å². The van der Waals surface area contributed by atoms with Gasteiger partial charge in [0.25, 0.3) is 0 Å². The molecule has 150 valence electrons. The second kappa shape index (κ2) is 7.71. The number of hydrogen-bond acceptors (Lipinski definition) is 3. The minimum atomic E-state index is -0.205. The molecule has 0 spiro atoms. The maximum Gasteiger partial charge on any atom is 0.229 e. The minimum Gasteiger partial charge on any atom is -0.309 e. The van der Waals surface area contributed by atoms with Crippen LogP contribution in [0.3, 0.4) is 0 Å². The van der Waals surface area contributed by atoms with E-state index in [1.165, 1.54) is 17.7 Å². The number of anilines is 1. The predicted molar refractivity (Wildman–Crippen MR) is 114 cm³/mol. The second-order valence-electron chi connectivity index (χ2n) is 7.88. The van der Waals surface area contributed by atoms with E-state index in [-0.39, 0.29) is 18.1 Å². The summed E-state index contributed by atoms with van der Waals surface area (Å²) in [7, 11) is 0. The summed E-state index contributed by atoms with van der Waals surface area (Å²) in [5.74, 6) is 1.06. The number of rotatable bonds is 5. The molecule has 2 heterocycles. The fraction of sp³-hybridized carbons (Fsp3) is 0.208. The van der Waals surface area contributed by atoms with Crippen molar-refractivity contribution in [2.75, 3.05) is 5.32 Å². The number of pyridine rings is 1. The van der Waals surface area contributed by atoms with Gasteiger partial charge in [-0.25, -0.2) is 4.39 Å². The third-order valence-electron chi connectivity index (χ3n) is 5.82. The number of nitrogens with zero attached hydrogens (tertiary/aromatic N) is 2. The molecule has 0 aliphatic heterocycles. The Morgan fingerprint density at radius 2 is 1.90 bits per heavy atom. The number of amides is 1. The Kier molecular flexibility index (Phi) is 4.75. The monoisotopic (exact) mass is 400 g/mol. The molecule has 0 bridgehead atoms. The largest absolute Gasteiger partial charge is 0.309 e. The standard InChI is InChI=1S/C24H21FN4O/c25-20-6-4-16(5-7-20)18-12-19(13-18)22-14-23(29-28-22)27-24(30)11-15-3-8-21-17(10-15)2-1-9-26-21/h1-10,14,18-19H,11-13H2,(H2,27,28,29,30)/t18-,19+. The van der Waals surface area contributed by atoms with Crippen LogP contribution in [0.1, 0.15) is 41.5 Å². The van der Waals surface area contributed by atoms with Gasteiger partial charge < -0.3 is 5.32 Å². The Labute approximate surface area is 173 Å². The molecule has 0 saturated heterocycles. The van der Waals surface area contributed by atoms with Gasteiger partial charge in [-0.2, -0.15) is 5.10 Å². The number of nitrogens with one attached hydrogen (secondary N) is 2. The zero-order chi connectivity index (χ0) is 20.5. The summed E-state index contributed by atoms with van der Waals surface area (Å²) in [6.07, 6.45) is 4.02. The lowest BCUT2D eigenvalue weighted by Crippen LogP contribution is -2.20. The van der Waals surface area contributed by atoms with Crippen molar-refractivity contribution in [3.63, 3.8) is 0 Å². The number of H-pyrrole nitrogens is 1. The zero-order valence-electron chi connectivity index (χ0n) is 16.3. The first-order valence-corrected chi connectivity index (χ1v) is 10.1. The van der Waals surface area contributed by atoms with Crippen molar-refractivity contribution in [1.29, 1.82) is 0 Å². The van der Waals surface area contributed by atoms with Crippen molar-refractivity contribution in [2.45, 2.75) is 31.1 Å². The summed E-state index contributed by atoms with van der Waals surface area (Å²) >= 11 is 0. The van der Waals surface area contributed by atoms with Gasteiger partial charge >= 0.3 is 0 Å². The van der Waals surface area contributed by atoms with Crippen molar-refractivity contribution in [2.24, 2.45) is 0 Å². The second-order valence-corrected chi connectivity index (χ2v) is 7.88. The van der Waals surface area contributed by atoms with Crippen LogP contribution < -0.4 is 5.32 Å². The van der Waals surface area contributed by atoms with E-state index in [9.17, 15) is 9.18 Å². The van der Waals surface area contributed by atoms with Gasteiger partial charge in [0.2, 0.25) is 5.91 Å². The lowest BCUT2D eigenvalue weighted by molar-refractivity contribution is -0.115. The van der Waals surface area contributed by atoms with Crippen LogP contribution in [0, 0.1) is 5.82 Å². The summed E-state index contributed by atoms with van der Waals surface area (Å²) in [5, 5.41) is 11.2. The Balaban J connectivity index is 1.17. The number of carbonyl (C=O) groups is 1. The van der Waals surface area contributed by atoms with Crippen LogP contribution in [-0.4, -0.2) is 21.1 Å². The number of halogens is 1. The molecule has 2 aromatic heterocycles. The average molecular weight is 400 g/mol. The summed E-state index contributed by atoms with van der Waals surface area (Å²) in [4.78, 5) is 16.7. The van der Waals surface area contributed by atoms with E-state index in [1.54, 1.807) is 6.20 Å². The zero-order valence-corrected chi connectivity index (χ0v) is 16.3. The van der Waals surface area contributed by atoms with Crippen LogP contribution in [-0.2, 0) is 11.2 Å². The van der Waals surface area contributed by atoms with Crippen molar-refractivity contribution in [1.82, 2.24) is 15.2 Å². The Bertz CT molecular complexity index is 1200. The SMILES string of the molecule is O=C(Cc1ccc2ncccc2c1)Nc1cc([C@H]2C[C@@H](c3ccc(F)cc3)C2)[nH]n1. The molecule has 0 radical (unpaired) electrons. The molecule has 0 unspecified atom stereocenters. The lowest BCUT2D eigenvalue weighted by Gasteiger charge is -2.34. The maximum atomic E-state index is 13.1. The molecule has 5 rings (SSSR count). The van der Waals surface area contributed by atoms with E-state index in [4.69, 9.17) is 0 Å². The van der Waals surface area contributed by atoms with E-state index >= 15 is 0 Å². The van der Waals surface area contributed by atoms with Crippen LogP contribution in [0.5, 0.6) is 0 Å². The third kappa shape index (κ3) is 3.81. The highest BCUT2D eigenvalue weighted by Gasteiger charge is 2.32. The van der Waals surface area contributed by atoms with Gasteiger partial charge in [-0.3, -0.25) is 14.9 Å². The van der Waals surface area contributed by atoms with E-state index < -0.39 is 0 Å². The number of hydrogen-bond donors (Lipinski definition) is 2. The van der Waals surface area contributed by atoms with Crippen LogP contribution in [0.4, 0.5) is 10.2 Å². The first-order valence-electron chi connectivity index (χ1n) is 10.1. The first kappa shape index (κ1) is 18.5. The summed E-state index contributed by atoms with van der Waals surface area (Å²) in [6, 6.07) is 18.4. The molecule has 0 atom stereocenters. The molecule has 6 heteroatoms. The van der Waals surface area contributed by atoms with Crippen LogP contribution >= 0.6 is 0 Å². The summed E-state index contributed by atoms with van der Waals surface area (Å²) < 4.78 is 13.1. The van der Waals surface area contributed by atoms with Crippen LogP contribution in [0.25, 0.3) is 10.9 Å². The minimum absolute atomic E-state index is 0.103. The average Bonchev–Trinajstić information content (AvgIpc) is 3.16. The summed E-state index contributed by atoms with van der Waals surface area (Å²) in [5.41, 5.74) is 4.05.